The predicted octanol–water partition coefficient (Wildman–Crippen LogP) is 2.64. The van der Waals surface area contributed by atoms with Crippen LogP contribution < -0.4 is 5.73 Å². The summed E-state index contributed by atoms with van der Waals surface area (Å²) >= 11 is 0. The van der Waals surface area contributed by atoms with Gasteiger partial charge in [0.05, 0.1) is 12.0 Å². The summed E-state index contributed by atoms with van der Waals surface area (Å²) in [5.74, 6) is 1.80. The average molecular weight is 419 g/mol. The lowest BCUT2D eigenvalue weighted by Gasteiger charge is -2.35. The summed E-state index contributed by atoms with van der Waals surface area (Å²) < 4.78 is 2.09. The van der Waals surface area contributed by atoms with Crippen molar-refractivity contribution in [2.24, 2.45) is 10.9 Å². The molecule has 2 N–H and O–H groups in total. The number of likely N-dealkylation sites (N-methyl/N-ethyl adjacent to an activating group) is 2. The summed E-state index contributed by atoms with van der Waals surface area (Å²) in [5, 5.41) is 0. The van der Waals surface area contributed by atoms with Gasteiger partial charge in [0.15, 0.2) is 11.5 Å². The summed E-state index contributed by atoms with van der Waals surface area (Å²) in [4.78, 5) is 23.1. The van der Waals surface area contributed by atoms with E-state index in [9.17, 15) is 0 Å². The molecule has 1 saturated heterocycles. The number of rotatable bonds is 3. The van der Waals surface area contributed by atoms with Crippen LogP contribution in [0, 0.1) is 12.8 Å². The number of nitrogens with two attached hydrogens (primary N) is 1. The minimum atomic E-state index is 0.231. The van der Waals surface area contributed by atoms with Crippen LogP contribution in [0.3, 0.4) is 0 Å². The van der Waals surface area contributed by atoms with E-state index in [0.717, 1.165) is 43.1 Å². The molecule has 3 unspecified atom stereocenters. The number of amidine groups is 1. The molecule has 0 aliphatic carbocycles. The Morgan fingerprint density at radius 1 is 1.23 bits per heavy atom. The summed E-state index contributed by atoms with van der Waals surface area (Å²) in [6.07, 6.45) is 5.42. The molecule has 3 atom stereocenters. The van der Waals surface area contributed by atoms with Crippen LogP contribution in [0.2, 0.25) is 0 Å². The lowest BCUT2D eigenvalue weighted by Crippen LogP contribution is -2.44. The Labute approximate surface area is 182 Å². The van der Waals surface area contributed by atoms with E-state index in [0.29, 0.717) is 23.4 Å². The van der Waals surface area contributed by atoms with Crippen LogP contribution in [0.15, 0.2) is 35.8 Å². The van der Waals surface area contributed by atoms with Gasteiger partial charge in [-0.2, -0.15) is 0 Å². The highest BCUT2D eigenvalue weighted by atomic mass is 15.3. The molecule has 0 amide bonds. The first-order chi connectivity index (χ1) is 14.9. The van der Waals surface area contributed by atoms with E-state index in [1.54, 1.807) is 0 Å². The minimum Gasteiger partial charge on any atom is -0.382 e. The van der Waals surface area contributed by atoms with Gasteiger partial charge in [0.1, 0.15) is 17.7 Å². The average Bonchev–Trinajstić information content (AvgIpc) is 3.31. The lowest BCUT2D eigenvalue weighted by atomic mass is 9.91. The lowest BCUT2D eigenvalue weighted by molar-refractivity contribution is 0.306. The predicted molar refractivity (Wildman–Crippen MR) is 123 cm³/mol. The molecule has 8 heteroatoms. The fourth-order valence-corrected chi connectivity index (χ4v) is 5.02. The second-order valence-electron chi connectivity index (χ2n) is 9.07. The maximum atomic E-state index is 6.00. The van der Waals surface area contributed by atoms with Crippen LogP contribution >= 0.6 is 0 Å². The SMILES string of the molecule is Cc1cccc2c1N=C(N(C)C1CC(C)N(C)C1)C(Cn1cnc3c(N)ncnc31)C2. The second kappa shape index (κ2) is 7.60. The van der Waals surface area contributed by atoms with E-state index in [4.69, 9.17) is 10.7 Å². The van der Waals surface area contributed by atoms with Gasteiger partial charge < -0.3 is 20.1 Å². The molecule has 0 spiro atoms. The number of likely N-dealkylation sites (tertiary alicyclic amines) is 1. The number of para-hydroxylation sites is 1. The van der Waals surface area contributed by atoms with Crippen molar-refractivity contribution in [3.63, 3.8) is 0 Å². The van der Waals surface area contributed by atoms with Crippen LogP contribution in [0.4, 0.5) is 11.5 Å². The molecular formula is C23H30N8. The van der Waals surface area contributed by atoms with Crippen molar-refractivity contribution >= 4 is 28.5 Å². The number of aromatic nitrogens is 4. The van der Waals surface area contributed by atoms with Crippen LogP contribution in [0.5, 0.6) is 0 Å². The van der Waals surface area contributed by atoms with E-state index in [1.165, 1.54) is 17.5 Å². The molecule has 162 valence electrons. The number of hydrogen-bond acceptors (Lipinski definition) is 7. The van der Waals surface area contributed by atoms with Crippen molar-refractivity contribution in [2.75, 3.05) is 26.4 Å². The highest BCUT2D eigenvalue weighted by Gasteiger charge is 2.35. The molecule has 4 heterocycles. The standard InChI is InChI=1S/C23H30N8/c1-14-6-5-7-16-9-17(10-31-13-27-20-21(24)25-12-26-23(20)31)22(28-19(14)16)30(4)18-8-15(2)29(3)11-18/h5-7,12-13,15,17-18H,8-11H2,1-4H3,(H2,24,25,26). The third-order valence-electron chi connectivity index (χ3n) is 7.00. The van der Waals surface area contributed by atoms with Crippen molar-refractivity contribution in [2.45, 2.75) is 45.3 Å². The number of anilines is 1. The number of benzene rings is 1. The summed E-state index contributed by atoms with van der Waals surface area (Å²) in [5.41, 5.74) is 11.1. The molecule has 3 aromatic rings. The van der Waals surface area contributed by atoms with E-state index in [-0.39, 0.29) is 5.92 Å². The smallest absolute Gasteiger partial charge is 0.165 e. The first kappa shape index (κ1) is 19.9. The molecule has 2 aliphatic heterocycles. The Hall–Kier alpha value is -3.00. The molecule has 2 aliphatic rings. The van der Waals surface area contributed by atoms with Gasteiger partial charge in [0.2, 0.25) is 0 Å². The van der Waals surface area contributed by atoms with Crippen LogP contribution in [0.1, 0.15) is 24.5 Å². The van der Waals surface area contributed by atoms with Gasteiger partial charge in [-0.25, -0.2) is 19.9 Å². The second-order valence-corrected chi connectivity index (χ2v) is 9.07. The first-order valence-electron chi connectivity index (χ1n) is 10.9. The minimum absolute atomic E-state index is 0.231. The van der Waals surface area contributed by atoms with Crippen molar-refractivity contribution in [1.82, 2.24) is 29.3 Å². The van der Waals surface area contributed by atoms with Gasteiger partial charge in [-0.1, -0.05) is 18.2 Å². The molecule has 5 rings (SSSR count). The maximum Gasteiger partial charge on any atom is 0.165 e. The quantitative estimate of drug-likeness (QED) is 0.703. The van der Waals surface area contributed by atoms with Crippen LogP contribution in [-0.4, -0.2) is 67.9 Å². The highest BCUT2D eigenvalue weighted by Crippen LogP contribution is 2.35. The zero-order valence-electron chi connectivity index (χ0n) is 18.7. The molecule has 31 heavy (non-hydrogen) atoms. The fraction of sp³-hybridized carbons (Fsp3) is 0.478. The van der Waals surface area contributed by atoms with Gasteiger partial charge in [-0.3, -0.25) is 0 Å². The molecule has 2 aromatic heterocycles. The Bertz CT molecular complexity index is 1140. The Balaban J connectivity index is 1.52. The normalized spacial score (nSPS) is 23.7. The van der Waals surface area contributed by atoms with E-state index < -0.39 is 0 Å². The maximum absolute atomic E-state index is 6.00. The molecule has 0 saturated carbocycles. The number of fused-ring (bicyclic) bond motifs is 2. The third-order valence-corrected chi connectivity index (χ3v) is 7.00. The molecular weight excluding hydrogens is 388 g/mol. The van der Waals surface area contributed by atoms with E-state index >= 15 is 0 Å². The van der Waals surface area contributed by atoms with E-state index in [2.05, 4.69) is 75.5 Å². The number of hydrogen-bond donors (Lipinski definition) is 1. The van der Waals surface area contributed by atoms with Crippen molar-refractivity contribution in [1.29, 1.82) is 0 Å². The topological polar surface area (TPSA) is 88.5 Å². The first-order valence-corrected chi connectivity index (χ1v) is 10.9. The Morgan fingerprint density at radius 3 is 2.84 bits per heavy atom. The number of imidazole rings is 1. The van der Waals surface area contributed by atoms with Crippen molar-refractivity contribution in [3.8, 4) is 0 Å². The summed E-state index contributed by atoms with van der Waals surface area (Å²) in [6.45, 7) is 6.26. The van der Waals surface area contributed by atoms with Crippen LogP contribution in [-0.2, 0) is 13.0 Å². The summed E-state index contributed by atoms with van der Waals surface area (Å²) in [7, 11) is 4.41. The van der Waals surface area contributed by atoms with Gasteiger partial charge in [-0.05, 0) is 44.9 Å². The van der Waals surface area contributed by atoms with Gasteiger partial charge in [0.25, 0.3) is 0 Å². The number of aliphatic imine (C=N–C) groups is 1. The van der Waals surface area contributed by atoms with Crippen molar-refractivity contribution < 1.29 is 0 Å². The number of nitrogens with zero attached hydrogens (tertiary/aromatic N) is 7. The van der Waals surface area contributed by atoms with Gasteiger partial charge in [-0.15, -0.1) is 0 Å². The summed E-state index contributed by atoms with van der Waals surface area (Å²) in [6, 6.07) is 7.52. The zero-order chi connectivity index (χ0) is 21.7. The van der Waals surface area contributed by atoms with Gasteiger partial charge >= 0.3 is 0 Å². The molecule has 8 nitrogen and oxygen atoms in total. The molecule has 0 bridgehead atoms. The third kappa shape index (κ3) is 3.44. The van der Waals surface area contributed by atoms with E-state index in [1.807, 2.05) is 6.33 Å². The highest BCUT2D eigenvalue weighted by molar-refractivity contribution is 5.90. The Kier molecular flexibility index (Phi) is 4.89. The zero-order valence-corrected chi connectivity index (χ0v) is 18.7. The van der Waals surface area contributed by atoms with Crippen molar-refractivity contribution in [3.05, 3.63) is 42.0 Å². The Morgan fingerprint density at radius 2 is 2.06 bits per heavy atom. The number of aryl methyl sites for hydroxylation is 1. The monoisotopic (exact) mass is 418 g/mol. The largest absolute Gasteiger partial charge is 0.382 e. The molecule has 1 aromatic carbocycles. The van der Waals surface area contributed by atoms with Gasteiger partial charge in [0, 0.05) is 38.1 Å². The fourth-order valence-electron chi connectivity index (χ4n) is 5.02. The number of nitrogen functional groups attached to an aromatic ring is 1. The molecule has 0 radical (unpaired) electrons. The molecule has 1 fully saturated rings. The van der Waals surface area contributed by atoms with Crippen LogP contribution in [0.25, 0.3) is 11.2 Å².